The van der Waals surface area contributed by atoms with Crippen molar-refractivity contribution in [1.82, 2.24) is 0 Å². The Morgan fingerprint density at radius 2 is 1.21 bits per heavy atom. The van der Waals surface area contributed by atoms with Gasteiger partial charge in [0, 0.05) is 6.61 Å². The van der Waals surface area contributed by atoms with Crippen molar-refractivity contribution in [1.29, 1.82) is 0 Å². The Hall–Kier alpha value is 0.134. The Morgan fingerprint density at radius 1 is 0.750 bits per heavy atom. The zero-order chi connectivity index (χ0) is 18.8. The van der Waals surface area contributed by atoms with E-state index >= 15 is 0 Å². The summed E-state index contributed by atoms with van der Waals surface area (Å²) >= 11 is 0. The summed E-state index contributed by atoms with van der Waals surface area (Å²) in [6.07, 6.45) is 6.21. The van der Waals surface area contributed by atoms with Gasteiger partial charge in [-0.1, -0.05) is 92.2 Å². The fourth-order valence-corrected chi connectivity index (χ4v) is 12.9. The molecule has 0 saturated carbocycles. The Labute approximate surface area is 155 Å². The van der Waals surface area contributed by atoms with Crippen molar-refractivity contribution in [3.05, 3.63) is 11.8 Å². The molecule has 0 unspecified atom stereocenters. The summed E-state index contributed by atoms with van der Waals surface area (Å²) in [5, 5.41) is 0. The van der Waals surface area contributed by atoms with Gasteiger partial charge in [-0.25, -0.2) is 0 Å². The van der Waals surface area contributed by atoms with Crippen LogP contribution in [0, 0.1) is 0 Å². The van der Waals surface area contributed by atoms with Gasteiger partial charge in [-0.05, 0) is 35.9 Å². The summed E-state index contributed by atoms with van der Waals surface area (Å²) < 4.78 is 6.65. The average Bonchev–Trinajstić information content (AvgIpc) is 2.53. The molecule has 0 saturated heterocycles. The van der Waals surface area contributed by atoms with E-state index in [9.17, 15) is 0 Å². The maximum atomic E-state index is 6.65. The van der Waals surface area contributed by atoms with Crippen LogP contribution in [0.3, 0.4) is 0 Å². The quantitative estimate of drug-likeness (QED) is 0.236. The minimum Gasteiger partial charge on any atom is -0.416 e. The zero-order valence-corrected chi connectivity index (χ0v) is 20.2. The van der Waals surface area contributed by atoms with E-state index in [0.717, 1.165) is 6.61 Å². The molecule has 0 heterocycles. The maximum Gasteiger partial charge on any atom is 0.200 e. The molecule has 0 aromatic carbocycles. The van der Waals surface area contributed by atoms with E-state index in [-0.39, 0.29) is 0 Å². The molecule has 3 heteroatoms. The summed E-state index contributed by atoms with van der Waals surface area (Å²) in [5.74, 6) is 0. The predicted molar refractivity (Wildman–Crippen MR) is 117 cm³/mol. The van der Waals surface area contributed by atoms with Crippen molar-refractivity contribution in [2.45, 2.75) is 116 Å². The second-order valence-corrected chi connectivity index (χ2v) is 19.1. The molecule has 144 valence electrons. The number of allylic oxidation sites excluding steroid dienone is 1. The van der Waals surface area contributed by atoms with Crippen LogP contribution in [0.15, 0.2) is 11.8 Å². The first-order valence-corrected chi connectivity index (χ1v) is 15.4. The van der Waals surface area contributed by atoms with Gasteiger partial charge in [-0.15, -0.1) is 0 Å². The van der Waals surface area contributed by atoms with E-state index < -0.39 is 16.4 Å². The molecule has 0 aromatic rings. The molecule has 0 aromatic heterocycles. The molecule has 1 nitrogen and oxygen atoms in total. The maximum absolute atomic E-state index is 6.65. The largest absolute Gasteiger partial charge is 0.416 e. The van der Waals surface area contributed by atoms with Crippen LogP contribution < -0.4 is 0 Å². The number of unbranched alkanes of at least 4 members (excludes halogenated alkanes) is 2. The molecule has 0 aliphatic heterocycles. The highest BCUT2D eigenvalue weighted by Gasteiger charge is 2.44. The number of rotatable bonds is 13. The molecular weight excluding hydrogens is 324 g/mol. The topological polar surface area (TPSA) is 9.23 Å². The first kappa shape index (κ1) is 24.1. The summed E-state index contributed by atoms with van der Waals surface area (Å²) in [6.45, 7) is 22.4. The van der Waals surface area contributed by atoms with Gasteiger partial charge >= 0.3 is 0 Å². The van der Waals surface area contributed by atoms with Gasteiger partial charge in [0.05, 0.1) is 8.07 Å². The third kappa shape index (κ3) is 6.46. The molecule has 0 fully saturated rings. The Bertz CT molecular complexity index is 314. The predicted octanol–water partition coefficient (Wildman–Crippen LogP) is 7.95. The molecule has 0 spiro atoms. The van der Waals surface area contributed by atoms with Gasteiger partial charge in [0.2, 0.25) is 0 Å². The van der Waals surface area contributed by atoms with Crippen molar-refractivity contribution in [3.8, 4) is 0 Å². The molecule has 0 aliphatic carbocycles. The third-order valence-electron chi connectivity index (χ3n) is 6.41. The van der Waals surface area contributed by atoms with E-state index in [1.807, 2.05) is 0 Å². The van der Waals surface area contributed by atoms with Crippen molar-refractivity contribution >= 4 is 16.4 Å². The summed E-state index contributed by atoms with van der Waals surface area (Å²) in [5.41, 5.74) is 4.72. The highest BCUT2D eigenvalue weighted by atomic mass is 28.4. The molecule has 0 amide bonds. The first-order valence-electron chi connectivity index (χ1n) is 10.5. The van der Waals surface area contributed by atoms with Crippen LogP contribution in [0.1, 0.15) is 81.6 Å². The van der Waals surface area contributed by atoms with Gasteiger partial charge in [-0.2, -0.15) is 0 Å². The third-order valence-corrected chi connectivity index (χ3v) is 17.7. The van der Waals surface area contributed by atoms with Crippen molar-refractivity contribution in [2.75, 3.05) is 6.61 Å². The van der Waals surface area contributed by atoms with Crippen LogP contribution in [-0.2, 0) is 4.43 Å². The molecule has 0 atom stereocenters. The van der Waals surface area contributed by atoms with Gasteiger partial charge in [0.25, 0.3) is 0 Å². The van der Waals surface area contributed by atoms with Crippen molar-refractivity contribution in [2.24, 2.45) is 0 Å². The fraction of sp³-hybridized carbons (Fsp3) is 0.905. The molecular formula is C21H46OSi2. The molecule has 0 aliphatic rings. The minimum atomic E-state index is -1.65. The SMILES string of the molecule is CC[Si](/C=C\CCCCO[Si](C(C)C)(C(C)C)C(C)C)(CC)CC. The second-order valence-electron chi connectivity index (χ2n) is 8.49. The number of hydrogen-bond acceptors (Lipinski definition) is 1. The standard InChI is InChI=1S/C21H46OSi2/c1-10-23(11-2,12-3)18-16-14-13-15-17-22-24(19(4)5,20(6)7)21(8)9/h16,18-21H,10-15,17H2,1-9H3/b18-16-. The molecule has 0 radical (unpaired) electrons. The van der Waals surface area contributed by atoms with Crippen LogP contribution in [0.25, 0.3) is 0 Å². The summed E-state index contributed by atoms with van der Waals surface area (Å²) in [4.78, 5) is 0. The highest BCUT2D eigenvalue weighted by molar-refractivity contribution is 6.84. The number of hydrogen-bond donors (Lipinski definition) is 0. The lowest BCUT2D eigenvalue weighted by molar-refractivity contribution is 0.269. The van der Waals surface area contributed by atoms with Crippen LogP contribution in [0.2, 0.25) is 34.8 Å². The van der Waals surface area contributed by atoms with Gasteiger partial charge in [-0.3, -0.25) is 0 Å². The first-order chi connectivity index (χ1) is 11.2. The van der Waals surface area contributed by atoms with Gasteiger partial charge in [0.1, 0.15) is 0 Å². The van der Waals surface area contributed by atoms with Crippen molar-refractivity contribution in [3.63, 3.8) is 0 Å². The fourth-order valence-electron chi connectivity index (χ4n) is 4.55. The second kappa shape index (κ2) is 11.7. The Kier molecular flexibility index (Phi) is 11.8. The zero-order valence-electron chi connectivity index (χ0n) is 18.2. The lowest BCUT2D eigenvalue weighted by atomic mass is 10.2. The summed E-state index contributed by atoms with van der Waals surface area (Å²) in [6, 6.07) is 4.18. The van der Waals surface area contributed by atoms with Crippen LogP contribution in [0.4, 0.5) is 0 Å². The Morgan fingerprint density at radius 3 is 1.58 bits per heavy atom. The van der Waals surface area contributed by atoms with Crippen LogP contribution in [0.5, 0.6) is 0 Å². The van der Waals surface area contributed by atoms with Crippen LogP contribution in [-0.4, -0.2) is 23.0 Å². The van der Waals surface area contributed by atoms with E-state index in [4.69, 9.17) is 4.43 Å². The van der Waals surface area contributed by atoms with E-state index in [1.165, 1.54) is 37.4 Å². The van der Waals surface area contributed by atoms with E-state index in [2.05, 4.69) is 74.1 Å². The summed E-state index contributed by atoms with van der Waals surface area (Å²) in [7, 11) is -2.72. The lowest BCUT2D eigenvalue weighted by Crippen LogP contribution is -2.47. The normalized spacial score (nSPS) is 13.8. The van der Waals surface area contributed by atoms with Gasteiger partial charge < -0.3 is 4.43 Å². The highest BCUT2D eigenvalue weighted by Crippen LogP contribution is 2.42. The van der Waals surface area contributed by atoms with Crippen molar-refractivity contribution < 1.29 is 4.43 Å². The van der Waals surface area contributed by atoms with E-state index in [0.29, 0.717) is 16.6 Å². The van der Waals surface area contributed by atoms with Crippen LogP contribution >= 0.6 is 0 Å². The molecule has 24 heavy (non-hydrogen) atoms. The molecule has 0 rings (SSSR count). The van der Waals surface area contributed by atoms with E-state index in [1.54, 1.807) is 0 Å². The lowest BCUT2D eigenvalue weighted by Gasteiger charge is -2.42. The monoisotopic (exact) mass is 370 g/mol. The Balaban J connectivity index is 4.38. The molecule has 0 bridgehead atoms. The minimum absolute atomic E-state index is 0.697. The molecule has 0 N–H and O–H groups in total. The average molecular weight is 371 g/mol. The smallest absolute Gasteiger partial charge is 0.200 e. The van der Waals surface area contributed by atoms with Gasteiger partial charge in [0.15, 0.2) is 8.32 Å².